The molecule has 0 aromatic heterocycles. The van der Waals surface area contributed by atoms with Crippen molar-refractivity contribution < 1.29 is 18.3 Å². The number of nitrogens with zero attached hydrogens (tertiary/aromatic N) is 1. The molecule has 0 fully saturated rings. The third kappa shape index (κ3) is 2.21. The maximum absolute atomic E-state index is 11.7. The van der Waals surface area contributed by atoms with Crippen LogP contribution in [0.2, 0.25) is 0 Å². The van der Waals surface area contributed by atoms with Crippen molar-refractivity contribution in [2.75, 3.05) is 0 Å². The number of rotatable bonds is 2. The smallest absolute Gasteiger partial charge is 0.442 e. The van der Waals surface area contributed by atoms with Gasteiger partial charge in [0.1, 0.15) is 0 Å². The molecule has 0 saturated heterocycles. The second-order valence-electron chi connectivity index (χ2n) is 3.33. The summed E-state index contributed by atoms with van der Waals surface area (Å²) in [6, 6.07) is 11.4. The van der Waals surface area contributed by atoms with E-state index in [1.165, 1.54) is 6.07 Å². The highest BCUT2D eigenvalue weighted by molar-refractivity contribution is 7.90. The molecule has 0 saturated carbocycles. The van der Waals surface area contributed by atoms with Crippen molar-refractivity contribution in [1.29, 1.82) is 0 Å². The number of carboxylic acid groups (broad SMARTS) is 1. The highest BCUT2D eigenvalue weighted by atomic mass is 32.2. The first kappa shape index (κ1) is 11.4. The number of hydrogen-bond acceptors (Lipinski definition) is 3. The van der Waals surface area contributed by atoms with Crippen molar-refractivity contribution in [2.45, 2.75) is 4.90 Å². The average Bonchev–Trinajstić information content (AvgIpc) is 2.26. The van der Waals surface area contributed by atoms with Gasteiger partial charge in [-0.15, -0.1) is 0 Å². The number of hydrogen-bond donors (Lipinski definition) is 1. The number of carbonyl (C=O) groups is 1. The Kier molecular flexibility index (Phi) is 2.72. The van der Waals surface area contributed by atoms with Gasteiger partial charge in [-0.05, 0) is 11.5 Å². The highest BCUT2D eigenvalue weighted by Gasteiger charge is 2.21. The first-order valence-electron chi connectivity index (χ1n) is 4.69. The van der Waals surface area contributed by atoms with E-state index in [9.17, 15) is 13.2 Å². The maximum atomic E-state index is 11.7. The summed E-state index contributed by atoms with van der Waals surface area (Å²) in [5.41, 5.74) is 0. The van der Waals surface area contributed by atoms with E-state index in [1.54, 1.807) is 36.4 Å². The van der Waals surface area contributed by atoms with Crippen LogP contribution in [0.1, 0.15) is 0 Å². The lowest BCUT2D eigenvalue weighted by atomic mass is 10.1. The fourth-order valence-corrected chi connectivity index (χ4v) is 2.59. The average molecular weight is 250 g/mol. The Bertz CT molecular complexity index is 673. The van der Waals surface area contributed by atoms with E-state index < -0.39 is 16.1 Å². The van der Waals surface area contributed by atoms with E-state index in [0.717, 1.165) is 0 Å². The molecule has 0 bridgehead atoms. The second-order valence-corrected chi connectivity index (χ2v) is 4.90. The molecule has 0 aliphatic rings. The third-order valence-corrected chi connectivity index (χ3v) is 3.53. The van der Waals surface area contributed by atoms with Crippen LogP contribution in [0.3, 0.4) is 0 Å². The van der Waals surface area contributed by atoms with Gasteiger partial charge >= 0.3 is 6.09 Å². The van der Waals surface area contributed by atoms with Gasteiger partial charge in [0.05, 0.1) is 4.90 Å². The summed E-state index contributed by atoms with van der Waals surface area (Å²) >= 11 is 0. The van der Waals surface area contributed by atoms with Crippen LogP contribution < -0.4 is 4.72 Å². The molecule has 17 heavy (non-hydrogen) atoms. The Hall–Kier alpha value is -2.08. The molecule has 1 radical (unpaired) electrons. The number of fused-ring (bicyclic) bond motifs is 1. The lowest BCUT2D eigenvalue weighted by Gasteiger charge is -2.05. The zero-order chi connectivity index (χ0) is 12.5. The molecule has 0 heterocycles. The zero-order valence-corrected chi connectivity index (χ0v) is 9.39. The zero-order valence-electron chi connectivity index (χ0n) is 8.57. The van der Waals surface area contributed by atoms with Crippen molar-refractivity contribution in [2.24, 2.45) is 0 Å². The lowest BCUT2D eigenvalue weighted by molar-refractivity contribution is 0.200. The molecule has 2 aromatic rings. The molecule has 1 amide bonds. The summed E-state index contributed by atoms with van der Waals surface area (Å²) in [5, 5.41) is 9.61. The quantitative estimate of drug-likeness (QED) is 0.880. The van der Waals surface area contributed by atoms with Crippen LogP contribution in [0.25, 0.3) is 10.8 Å². The molecule has 0 atom stereocenters. The van der Waals surface area contributed by atoms with Crippen molar-refractivity contribution >= 4 is 26.9 Å². The largest absolute Gasteiger partial charge is 0.463 e. The molecule has 1 N–H and O–H groups in total. The van der Waals surface area contributed by atoms with Gasteiger partial charge in [0.25, 0.3) is 10.0 Å². The van der Waals surface area contributed by atoms with Crippen molar-refractivity contribution in [3.05, 3.63) is 42.5 Å². The molecule has 0 spiro atoms. The Morgan fingerprint density at radius 1 is 1.06 bits per heavy atom. The predicted molar refractivity (Wildman–Crippen MR) is 61.3 cm³/mol. The van der Waals surface area contributed by atoms with Crippen LogP contribution in [0, 0.1) is 0 Å². The predicted octanol–water partition coefficient (Wildman–Crippen LogP) is 1.81. The van der Waals surface area contributed by atoms with Crippen LogP contribution in [0.4, 0.5) is 4.79 Å². The molecular weight excluding hydrogens is 242 g/mol. The Morgan fingerprint density at radius 3 is 2.41 bits per heavy atom. The molecule has 0 unspecified atom stereocenters. The maximum Gasteiger partial charge on any atom is 0.442 e. The molecule has 0 aliphatic heterocycles. The fraction of sp³-hybridized carbons (Fsp3) is 0. The number of amides is 1. The summed E-state index contributed by atoms with van der Waals surface area (Å²) in [4.78, 5) is 10.3. The van der Waals surface area contributed by atoms with E-state index >= 15 is 0 Å². The Balaban J connectivity index is 2.67. The minimum atomic E-state index is -4.16. The lowest BCUT2D eigenvalue weighted by Crippen LogP contribution is -2.21. The van der Waals surface area contributed by atoms with Crippen LogP contribution in [0.15, 0.2) is 47.4 Å². The van der Waals surface area contributed by atoms with Crippen LogP contribution in [-0.4, -0.2) is 19.6 Å². The summed E-state index contributed by atoms with van der Waals surface area (Å²) in [7, 11) is -4.16. The molecule has 5 nitrogen and oxygen atoms in total. The Morgan fingerprint density at radius 2 is 1.71 bits per heavy atom. The third-order valence-electron chi connectivity index (χ3n) is 2.23. The van der Waals surface area contributed by atoms with Gasteiger partial charge in [-0.3, -0.25) is 0 Å². The molecule has 87 valence electrons. The summed E-state index contributed by atoms with van der Waals surface area (Å²) in [6.45, 7) is 0. The molecule has 0 aliphatic carbocycles. The fourth-order valence-electron chi connectivity index (χ4n) is 1.57. The number of sulfonamides is 1. The van der Waals surface area contributed by atoms with Crippen LogP contribution in [-0.2, 0) is 10.0 Å². The highest BCUT2D eigenvalue weighted by Crippen LogP contribution is 2.22. The van der Waals surface area contributed by atoms with E-state index in [4.69, 9.17) is 5.11 Å². The van der Waals surface area contributed by atoms with Gasteiger partial charge < -0.3 is 5.11 Å². The Labute approximate surface area is 97.7 Å². The second kappa shape index (κ2) is 4.06. The topological polar surface area (TPSA) is 85.5 Å². The van der Waals surface area contributed by atoms with Crippen molar-refractivity contribution in [3.8, 4) is 0 Å². The SMILES string of the molecule is O=C(O)[N]S(=O)(=O)c1cccc2ccccc12. The number of benzene rings is 2. The van der Waals surface area contributed by atoms with Crippen LogP contribution >= 0.6 is 0 Å². The van der Waals surface area contributed by atoms with E-state index in [1.807, 2.05) is 0 Å². The minimum Gasteiger partial charge on any atom is -0.463 e. The molecule has 6 heteroatoms. The normalized spacial score (nSPS) is 11.3. The first-order valence-corrected chi connectivity index (χ1v) is 6.13. The first-order chi connectivity index (χ1) is 8.00. The molecular formula is C11H8NO4S. The van der Waals surface area contributed by atoms with E-state index in [-0.39, 0.29) is 4.90 Å². The summed E-state index contributed by atoms with van der Waals surface area (Å²) in [6.07, 6.45) is -1.72. The van der Waals surface area contributed by atoms with E-state index in [2.05, 4.69) is 4.72 Å². The van der Waals surface area contributed by atoms with Gasteiger partial charge in [0.15, 0.2) is 0 Å². The minimum absolute atomic E-state index is 0.0991. The van der Waals surface area contributed by atoms with Gasteiger partial charge in [0.2, 0.25) is 0 Å². The monoisotopic (exact) mass is 250 g/mol. The summed E-state index contributed by atoms with van der Waals surface area (Å²) < 4.78 is 26.1. The van der Waals surface area contributed by atoms with Gasteiger partial charge in [0, 0.05) is 5.39 Å². The standard InChI is InChI=1S/C11H8NO4S/c13-11(14)12-17(15,16)10-7-3-5-8-4-1-2-6-9(8)10/h1-7H,(H,13,14). The van der Waals surface area contributed by atoms with Gasteiger partial charge in [-0.2, -0.15) is 8.42 Å². The van der Waals surface area contributed by atoms with Gasteiger partial charge in [-0.1, -0.05) is 41.1 Å². The molecule has 2 rings (SSSR count). The van der Waals surface area contributed by atoms with Crippen molar-refractivity contribution in [1.82, 2.24) is 4.72 Å². The summed E-state index contributed by atoms with van der Waals surface area (Å²) in [5.74, 6) is 0. The van der Waals surface area contributed by atoms with Crippen LogP contribution in [0.5, 0.6) is 0 Å². The van der Waals surface area contributed by atoms with Crippen molar-refractivity contribution in [3.63, 3.8) is 0 Å². The van der Waals surface area contributed by atoms with E-state index in [0.29, 0.717) is 10.8 Å². The molecule has 2 aromatic carbocycles. The van der Waals surface area contributed by atoms with Gasteiger partial charge in [-0.25, -0.2) is 4.79 Å².